The largest absolute Gasteiger partial charge is 0.493 e. The summed E-state index contributed by atoms with van der Waals surface area (Å²) in [6.07, 6.45) is 3.66. The molecule has 2 aromatic heterocycles. The normalized spacial score (nSPS) is 12.6. The van der Waals surface area contributed by atoms with Crippen molar-refractivity contribution in [3.05, 3.63) is 76.0 Å². The third-order valence-electron chi connectivity index (χ3n) is 6.24. The van der Waals surface area contributed by atoms with Crippen LogP contribution in [0.1, 0.15) is 56.2 Å². The summed E-state index contributed by atoms with van der Waals surface area (Å²) in [5.74, 6) is 1.22. The van der Waals surface area contributed by atoms with Crippen molar-refractivity contribution in [2.45, 2.75) is 57.4 Å². The zero-order valence-electron chi connectivity index (χ0n) is 21.8. The minimum atomic E-state index is -4.06. The van der Waals surface area contributed by atoms with Gasteiger partial charge in [-0.15, -0.1) is 5.10 Å². The first-order valence-corrected chi connectivity index (χ1v) is 14.2. The first-order valence-electron chi connectivity index (χ1n) is 12.7. The molecule has 0 aliphatic carbocycles. The molecule has 0 aliphatic heterocycles. The van der Waals surface area contributed by atoms with E-state index in [1.54, 1.807) is 35.7 Å². The zero-order valence-corrected chi connectivity index (χ0v) is 22.6. The second-order valence-electron chi connectivity index (χ2n) is 8.99. The van der Waals surface area contributed by atoms with Gasteiger partial charge in [-0.3, -0.25) is 4.79 Å². The van der Waals surface area contributed by atoms with Crippen LogP contribution in [0, 0.1) is 6.92 Å². The predicted octanol–water partition coefficient (Wildman–Crippen LogP) is 3.54. The number of hydrogen-bond acceptors (Lipinski definition) is 7. The summed E-state index contributed by atoms with van der Waals surface area (Å²) < 4.78 is 36.5. The molecule has 11 heteroatoms. The van der Waals surface area contributed by atoms with Crippen molar-refractivity contribution in [1.82, 2.24) is 24.3 Å². The van der Waals surface area contributed by atoms with E-state index in [2.05, 4.69) is 26.7 Å². The van der Waals surface area contributed by atoms with Crippen molar-refractivity contribution in [2.75, 3.05) is 13.2 Å². The average molecular weight is 540 g/mol. The molecular formula is C27H33N5O5S. The fourth-order valence-corrected chi connectivity index (χ4v) is 5.59. The van der Waals surface area contributed by atoms with E-state index in [1.165, 1.54) is 18.2 Å². The summed E-state index contributed by atoms with van der Waals surface area (Å²) in [6, 6.07) is 12.4. The van der Waals surface area contributed by atoms with Crippen molar-refractivity contribution in [2.24, 2.45) is 0 Å². The van der Waals surface area contributed by atoms with Gasteiger partial charge in [0.05, 0.1) is 35.4 Å². The average Bonchev–Trinajstić information content (AvgIpc) is 3.23. The number of sulfonamides is 1. The highest BCUT2D eigenvalue weighted by atomic mass is 32.2. The molecular weight excluding hydrogens is 506 g/mol. The minimum Gasteiger partial charge on any atom is -0.493 e. The van der Waals surface area contributed by atoms with Gasteiger partial charge in [-0.2, -0.15) is 0 Å². The molecule has 1 unspecified atom stereocenters. The van der Waals surface area contributed by atoms with Crippen molar-refractivity contribution in [3.63, 3.8) is 0 Å². The molecule has 0 aliphatic rings. The lowest BCUT2D eigenvalue weighted by atomic mass is 10.1. The Hall–Kier alpha value is -3.54. The van der Waals surface area contributed by atoms with Crippen LogP contribution in [0.3, 0.4) is 0 Å². The van der Waals surface area contributed by atoms with Gasteiger partial charge in [-0.05, 0) is 44.0 Å². The van der Waals surface area contributed by atoms with Crippen LogP contribution in [-0.4, -0.2) is 46.3 Å². The third kappa shape index (κ3) is 5.79. The summed E-state index contributed by atoms with van der Waals surface area (Å²) in [4.78, 5) is 20.4. The number of nitrogens with one attached hydrogen (secondary N) is 2. The molecule has 2 heterocycles. The molecule has 0 bridgehead atoms. The van der Waals surface area contributed by atoms with Crippen molar-refractivity contribution < 1.29 is 18.3 Å². The van der Waals surface area contributed by atoms with Crippen LogP contribution in [0.4, 0.5) is 0 Å². The molecule has 0 fully saturated rings. The standard InChI is InChI=1S/C27H33N5O5S/c1-4-6-8-13-24-28-18(3)25-27(34)29-26(30-32(24)25)21-16-20(14-15-23(21)37-5-2)38(35,36)31-22(17-33)19-11-9-7-10-12-19/h7,9-12,14-16,22,31,33H,4-6,8,13,17H2,1-3H3,(H,29,30,34). The number of nitrogens with zero attached hydrogens (tertiary/aromatic N) is 3. The molecule has 0 saturated heterocycles. The number of unbranched alkanes of at least 4 members (excludes halogenated alkanes) is 2. The number of aryl methyl sites for hydroxylation is 2. The second kappa shape index (κ2) is 11.9. The number of ether oxygens (including phenoxy) is 1. The Morgan fingerprint density at radius 1 is 1.13 bits per heavy atom. The molecule has 1 atom stereocenters. The molecule has 0 spiro atoms. The first kappa shape index (κ1) is 27.5. The number of H-pyrrole nitrogens is 1. The van der Waals surface area contributed by atoms with E-state index in [4.69, 9.17) is 4.74 Å². The summed E-state index contributed by atoms with van der Waals surface area (Å²) in [5, 5.41) is 14.5. The maximum Gasteiger partial charge on any atom is 0.277 e. The number of aliphatic hydroxyl groups excluding tert-OH is 1. The lowest BCUT2D eigenvalue weighted by molar-refractivity contribution is 0.259. The number of hydrogen-bond donors (Lipinski definition) is 3. The van der Waals surface area contributed by atoms with Gasteiger partial charge in [0.15, 0.2) is 11.3 Å². The Balaban J connectivity index is 1.79. The molecule has 0 radical (unpaired) electrons. The number of benzene rings is 2. The number of aliphatic hydroxyl groups is 1. The Morgan fingerprint density at radius 2 is 1.89 bits per heavy atom. The summed E-state index contributed by atoms with van der Waals surface area (Å²) in [7, 11) is -4.06. The van der Waals surface area contributed by atoms with E-state index in [9.17, 15) is 18.3 Å². The fraction of sp³-hybridized carbons (Fsp3) is 0.370. The molecule has 0 saturated carbocycles. The number of aromatic nitrogens is 4. The topological polar surface area (TPSA) is 139 Å². The fourth-order valence-electron chi connectivity index (χ4n) is 4.35. The lowest BCUT2D eigenvalue weighted by Gasteiger charge is -2.18. The van der Waals surface area contributed by atoms with Crippen molar-refractivity contribution in [3.8, 4) is 17.1 Å². The number of imidazole rings is 1. The third-order valence-corrected chi connectivity index (χ3v) is 7.71. The van der Waals surface area contributed by atoms with Crippen LogP contribution in [0.25, 0.3) is 16.9 Å². The van der Waals surface area contributed by atoms with E-state index in [1.807, 2.05) is 13.0 Å². The molecule has 10 nitrogen and oxygen atoms in total. The van der Waals surface area contributed by atoms with Crippen LogP contribution in [-0.2, 0) is 16.4 Å². The van der Waals surface area contributed by atoms with Gasteiger partial charge in [0.2, 0.25) is 10.0 Å². The van der Waals surface area contributed by atoms with E-state index in [0.29, 0.717) is 46.9 Å². The Labute approximate surface area is 221 Å². The number of aromatic amines is 1. The lowest BCUT2D eigenvalue weighted by Crippen LogP contribution is -2.31. The summed E-state index contributed by atoms with van der Waals surface area (Å²) >= 11 is 0. The van der Waals surface area contributed by atoms with Gasteiger partial charge < -0.3 is 14.8 Å². The highest BCUT2D eigenvalue weighted by Gasteiger charge is 2.24. The minimum absolute atomic E-state index is 0.0574. The molecule has 4 rings (SSSR count). The molecule has 2 aromatic carbocycles. The highest BCUT2D eigenvalue weighted by molar-refractivity contribution is 7.89. The van der Waals surface area contributed by atoms with Crippen LogP contribution < -0.4 is 15.0 Å². The van der Waals surface area contributed by atoms with Gasteiger partial charge >= 0.3 is 0 Å². The second-order valence-corrected chi connectivity index (χ2v) is 10.7. The monoisotopic (exact) mass is 539 g/mol. The molecule has 3 N–H and O–H groups in total. The van der Waals surface area contributed by atoms with Gasteiger partial charge in [-0.25, -0.2) is 22.6 Å². The van der Waals surface area contributed by atoms with E-state index < -0.39 is 22.7 Å². The molecule has 4 aromatic rings. The summed E-state index contributed by atoms with van der Waals surface area (Å²) in [6.45, 7) is 5.61. The SMILES string of the molecule is CCCCCc1nc(C)c2c(=O)[nH]c(-c3cc(S(=O)(=O)NC(CO)c4ccccc4)ccc3OCC)nn12. The van der Waals surface area contributed by atoms with Crippen molar-refractivity contribution >= 4 is 15.5 Å². The maximum atomic E-state index is 13.3. The molecule has 0 amide bonds. The van der Waals surface area contributed by atoms with Crippen LogP contribution in [0.15, 0.2) is 58.2 Å². The Kier molecular flexibility index (Phi) is 8.60. The van der Waals surface area contributed by atoms with E-state index in [-0.39, 0.29) is 16.3 Å². The maximum absolute atomic E-state index is 13.3. The number of rotatable bonds is 12. The van der Waals surface area contributed by atoms with E-state index >= 15 is 0 Å². The smallest absolute Gasteiger partial charge is 0.277 e. The van der Waals surface area contributed by atoms with Gasteiger partial charge in [0, 0.05) is 6.42 Å². The van der Waals surface area contributed by atoms with Gasteiger partial charge in [-0.1, -0.05) is 50.1 Å². The zero-order chi connectivity index (χ0) is 27.3. The summed E-state index contributed by atoms with van der Waals surface area (Å²) in [5.41, 5.74) is 1.52. The molecule has 202 valence electrons. The predicted molar refractivity (Wildman–Crippen MR) is 145 cm³/mol. The van der Waals surface area contributed by atoms with Crippen LogP contribution >= 0.6 is 0 Å². The van der Waals surface area contributed by atoms with Gasteiger partial charge in [0.1, 0.15) is 11.6 Å². The first-order chi connectivity index (χ1) is 18.3. The van der Waals surface area contributed by atoms with Crippen LogP contribution in [0.5, 0.6) is 5.75 Å². The number of fused-ring (bicyclic) bond motifs is 1. The highest BCUT2D eigenvalue weighted by Crippen LogP contribution is 2.31. The Morgan fingerprint density at radius 3 is 2.58 bits per heavy atom. The van der Waals surface area contributed by atoms with Gasteiger partial charge in [0.25, 0.3) is 5.56 Å². The quantitative estimate of drug-likeness (QED) is 0.234. The van der Waals surface area contributed by atoms with Crippen molar-refractivity contribution in [1.29, 1.82) is 0 Å². The van der Waals surface area contributed by atoms with E-state index in [0.717, 1.165) is 19.3 Å². The Bertz CT molecular complexity index is 1560. The van der Waals surface area contributed by atoms with Crippen LogP contribution in [0.2, 0.25) is 0 Å². The molecule has 38 heavy (non-hydrogen) atoms.